The summed E-state index contributed by atoms with van der Waals surface area (Å²) in [7, 11) is 0. The van der Waals surface area contributed by atoms with Crippen LogP contribution in [-0.2, 0) is 4.74 Å². The van der Waals surface area contributed by atoms with Crippen molar-refractivity contribution < 1.29 is 9.53 Å². The molecule has 4 aromatic rings. The molecule has 11 nitrogen and oxygen atoms in total. The molecule has 1 saturated heterocycles. The fourth-order valence-electron chi connectivity index (χ4n) is 5.12. The van der Waals surface area contributed by atoms with Gasteiger partial charge in [-0.3, -0.25) is 15.4 Å². The number of morpholine rings is 1. The van der Waals surface area contributed by atoms with Gasteiger partial charge in [-0.15, -0.1) is 0 Å². The first-order valence-electron chi connectivity index (χ1n) is 12.8. The zero-order valence-electron chi connectivity index (χ0n) is 21.0. The third-order valence-corrected chi connectivity index (χ3v) is 7.14. The van der Waals surface area contributed by atoms with Gasteiger partial charge in [-0.25, -0.2) is 14.8 Å². The van der Waals surface area contributed by atoms with Crippen LogP contribution in [0.4, 0.5) is 10.5 Å². The van der Waals surface area contributed by atoms with E-state index >= 15 is 0 Å². The van der Waals surface area contributed by atoms with Crippen LogP contribution in [0.2, 0.25) is 0 Å². The maximum atomic E-state index is 12.7. The monoisotopic (exact) mass is 519 g/mol. The van der Waals surface area contributed by atoms with E-state index in [0.717, 1.165) is 44.8 Å². The molecule has 3 aliphatic heterocycles. The number of amides is 2. The number of carbonyl (C=O) groups is 1. The standard InChI is InChI=1S/C28H25N9O2/c38-28(37-8-10-39-11-9-37)32-20-12-18(14-30-16-20)19-13-22-25(35-36-26(22)31-15-19)27-33-23-3-1-2-21(24(23)34-27)17-4-6-29-7-5-17/h1-7,12,14-16,22H,8-11,13H2,(H,31,36)(H,32,38)(H,33,34). The van der Waals surface area contributed by atoms with Crippen molar-refractivity contribution in [1.82, 2.24) is 30.3 Å². The third-order valence-electron chi connectivity index (χ3n) is 7.14. The Labute approximate surface area is 223 Å². The number of hydrogen-bond acceptors (Lipinski definition) is 8. The highest BCUT2D eigenvalue weighted by atomic mass is 16.5. The van der Waals surface area contributed by atoms with Gasteiger partial charge in [0, 0.05) is 43.4 Å². The number of aromatic nitrogens is 4. The normalized spacial score (nSPS) is 18.6. The molecule has 0 aliphatic carbocycles. The number of para-hydroxylation sites is 1. The molecule has 11 heteroatoms. The SMILES string of the molecule is O=C(Nc1cncc(C2=CN=C3NN=C(c4nc5c(-c6ccncc6)cccc5[nH]4)C3C2)c1)N1CCOCC1. The number of urea groups is 1. The van der Waals surface area contributed by atoms with Crippen molar-refractivity contribution in [2.24, 2.45) is 16.0 Å². The number of rotatable bonds is 4. The van der Waals surface area contributed by atoms with Crippen molar-refractivity contribution in [1.29, 1.82) is 0 Å². The number of nitrogens with zero attached hydrogens (tertiary/aromatic N) is 6. The van der Waals surface area contributed by atoms with Gasteiger partial charge in [0.25, 0.3) is 0 Å². The van der Waals surface area contributed by atoms with E-state index in [4.69, 9.17) is 9.72 Å². The number of anilines is 1. The number of allylic oxidation sites excluding steroid dienone is 1. The van der Waals surface area contributed by atoms with Crippen LogP contribution in [0.3, 0.4) is 0 Å². The number of amidine groups is 1. The van der Waals surface area contributed by atoms with Crippen LogP contribution in [0, 0.1) is 5.92 Å². The van der Waals surface area contributed by atoms with Gasteiger partial charge in [0.2, 0.25) is 0 Å². The van der Waals surface area contributed by atoms with Gasteiger partial charge < -0.3 is 19.9 Å². The van der Waals surface area contributed by atoms with Gasteiger partial charge >= 0.3 is 6.03 Å². The first-order valence-corrected chi connectivity index (χ1v) is 12.8. The fraction of sp³-hybridized carbons (Fsp3) is 0.214. The van der Waals surface area contributed by atoms with E-state index in [2.05, 4.69) is 41.9 Å². The highest BCUT2D eigenvalue weighted by Crippen LogP contribution is 2.33. The first kappa shape index (κ1) is 23.2. The maximum absolute atomic E-state index is 12.7. The first-order chi connectivity index (χ1) is 19.2. The average molecular weight is 520 g/mol. The Balaban J connectivity index is 1.13. The molecule has 1 aromatic carbocycles. The Morgan fingerprint density at radius 2 is 1.92 bits per heavy atom. The summed E-state index contributed by atoms with van der Waals surface area (Å²) in [5.74, 6) is 1.41. The number of hydrazone groups is 1. The number of hydrogen-bond donors (Lipinski definition) is 3. The van der Waals surface area contributed by atoms with Crippen LogP contribution in [0.15, 0.2) is 77.5 Å². The minimum Gasteiger partial charge on any atom is -0.378 e. The summed E-state index contributed by atoms with van der Waals surface area (Å²) < 4.78 is 5.34. The summed E-state index contributed by atoms with van der Waals surface area (Å²) in [6, 6.07) is 11.8. The van der Waals surface area contributed by atoms with Gasteiger partial charge in [-0.1, -0.05) is 12.1 Å². The minimum atomic E-state index is -0.152. The number of aromatic amines is 1. The lowest BCUT2D eigenvalue weighted by molar-refractivity contribution is 0.0564. The quantitative estimate of drug-likeness (QED) is 0.377. The molecule has 3 N–H and O–H groups in total. The smallest absolute Gasteiger partial charge is 0.322 e. The lowest BCUT2D eigenvalue weighted by Crippen LogP contribution is -2.43. The molecule has 2 amide bonds. The summed E-state index contributed by atoms with van der Waals surface area (Å²) in [6.07, 6.45) is 9.51. The van der Waals surface area contributed by atoms with Crippen LogP contribution in [0.25, 0.3) is 27.7 Å². The van der Waals surface area contributed by atoms with Crippen molar-refractivity contribution in [3.8, 4) is 11.1 Å². The molecule has 0 bridgehead atoms. The topological polar surface area (TPSA) is 133 Å². The van der Waals surface area contributed by atoms with Crippen LogP contribution in [0.5, 0.6) is 0 Å². The molecule has 39 heavy (non-hydrogen) atoms. The van der Waals surface area contributed by atoms with Crippen molar-refractivity contribution in [2.45, 2.75) is 6.42 Å². The molecule has 3 aromatic heterocycles. The molecule has 6 heterocycles. The fourth-order valence-corrected chi connectivity index (χ4v) is 5.12. The Morgan fingerprint density at radius 3 is 2.79 bits per heavy atom. The summed E-state index contributed by atoms with van der Waals surface area (Å²) in [4.78, 5) is 36.0. The van der Waals surface area contributed by atoms with Crippen LogP contribution >= 0.6 is 0 Å². The maximum Gasteiger partial charge on any atom is 0.322 e. The molecule has 1 unspecified atom stereocenters. The third kappa shape index (κ3) is 4.42. The molecular formula is C28H25N9O2. The molecule has 1 atom stereocenters. The second kappa shape index (κ2) is 9.76. The van der Waals surface area contributed by atoms with Gasteiger partial charge in [0.1, 0.15) is 11.5 Å². The lowest BCUT2D eigenvalue weighted by Gasteiger charge is -2.27. The summed E-state index contributed by atoms with van der Waals surface area (Å²) in [5, 5.41) is 7.55. The van der Waals surface area contributed by atoms with Gasteiger partial charge in [-0.05, 0) is 47.4 Å². The number of ether oxygens (including phenoxy) is 1. The number of carbonyl (C=O) groups excluding carboxylic acids is 1. The molecule has 3 aliphatic rings. The zero-order chi connectivity index (χ0) is 26.2. The van der Waals surface area contributed by atoms with E-state index in [0.29, 0.717) is 44.2 Å². The minimum absolute atomic E-state index is 0.0819. The van der Waals surface area contributed by atoms with E-state index in [9.17, 15) is 4.79 Å². The predicted molar refractivity (Wildman–Crippen MR) is 148 cm³/mol. The summed E-state index contributed by atoms with van der Waals surface area (Å²) in [6.45, 7) is 2.25. The van der Waals surface area contributed by atoms with E-state index in [1.807, 2.05) is 36.5 Å². The molecule has 194 valence electrons. The predicted octanol–water partition coefficient (Wildman–Crippen LogP) is 3.65. The highest BCUT2D eigenvalue weighted by molar-refractivity contribution is 6.18. The number of pyridine rings is 2. The molecule has 0 saturated carbocycles. The van der Waals surface area contributed by atoms with E-state index in [1.165, 1.54) is 0 Å². The average Bonchev–Trinajstić information content (AvgIpc) is 3.62. The van der Waals surface area contributed by atoms with Crippen molar-refractivity contribution >= 4 is 39.9 Å². The summed E-state index contributed by atoms with van der Waals surface area (Å²) >= 11 is 0. The Morgan fingerprint density at radius 1 is 1.05 bits per heavy atom. The van der Waals surface area contributed by atoms with E-state index in [1.54, 1.807) is 29.7 Å². The molecule has 7 rings (SSSR count). The Hall–Kier alpha value is -4.90. The van der Waals surface area contributed by atoms with Crippen molar-refractivity contribution in [2.75, 3.05) is 31.6 Å². The Bertz CT molecular complexity index is 1650. The zero-order valence-corrected chi connectivity index (χ0v) is 21.0. The Kier molecular flexibility index (Phi) is 5.82. The number of fused-ring (bicyclic) bond motifs is 2. The molecular weight excluding hydrogens is 494 g/mol. The van der Waals surface area contributed by atoms with Gasteiger partial charge in [0.15, 0.2) is 5.82 Å². The molecule has 0 spiro atoms. The molecule has 0 radical (unpaired) electrons. The van der Waals surface area contributed by atoms with Crippen LogP contribution < -0.4 is 10.7 Å². The number of benzene rings is 1. The second-order valence-electron chi connectivity index (χ2n) is 9.55. The highest BCUT2D eigenvalue weighted by Gasteiger charge is 2.34. The van der Waals surface area contributed by atoms with E-state index in [-0.39, 0.29) is 11.9 Å². The number of imidazole rings is 1. The number of H-pyrrole nitrogens is 1. The van der Waals surface area contributed by atoms with Crippen molar-refractivity contribution in [3.05, 3.63) is 78.8 Å². The van der Waals surface area contributed by atoms with Gasteiger partial charge in [0.05, 0.1) is 42.0 Å². The van der Waals surface area contributed by atoms with Crippen LogP contribution in [0.1, 0.15) is 17.8 Å². The lowest BCUT2D eigenvalue weighted by atomic mass is 9.89. The van der Waals surface area contributed by atoms with Gasteiger partial charge in [-0.2, -0.15) is 5.10 Å². The number of aliphatic imine (C=N–C) groups is 1. The second-order valence-corrected chi connectivity index (χ2v) is 9.55. The van der Waals surface area contributed by atoms with E-state index < -0.39 is 0 Å². The largest absolute Gasteiger partial charge is 0.378 e. The van der Waals surface area contributed by atoms with Crippen LogP contribution in [-0.4, -0.2) is 68.7 Å². The molecule has 1 fully saturated rings. The van der Waals surface area contributed by atoms with Crippen molar-refractivity contribution in [3.63, 3.8) is 0 Å². The summed E-state index contributed by atoms with van der Waals surface area (Å²) in [5.41, 5.74) is 10.3. The number of nitrogens with one attached hydrogen (secondary N) is 3.